The second kappa shape index (κ2) is 6.32. The summed E-state index contributed by atoms with van der Waals surface area (Å²) in [5, 5.41) is 0. The molecule has 3 N–H and O–H groups in total. The van der Waals surface area contributed by atoms with Crippen LogP contribution in [0.4, 0.5) is 0 Å². The van der Waals surface area contributed by atoms with E-state index >= 15 is 0 Å². The smallest absolute Gasteiger partial charge is 0.279 e. The standard InChI is InChI=1S/C12H25N3O2S/c13-10-12(11-6-2-1-3-7-11)14-18(16,17)15-8-4-5-9-15/h11-12,14H,1-10,13H2. The summed E-state index contributed by atoms with van der Waals surface area (Å²) in [7, 11) is -3.32. The molecule has 2 fully saturated rings. The van der Waals surface area contributed by atoms with Gasteiger partial charge in [0, 0.05) is 25.7 Å². The van der Waals surface area contributed by atoms with Crippen molar-refractivity contribution in [1.29, 1.82) is 0 Å². The van der Waals surface area contributed by atoms with Gasteiger partial charge in [-0.25, -0.2) is 0 Å². The molecule has 1 saturated carbocycles. The van der Waals surface area contributed by atoms with Gasteiger partial charge in [0.2, 0.25) is 0 Å². The molecule has 0 radical (unpaired) electrons. The molecule has 1 saturated heterocycles. The SMILES string of the molecule is NCC(NS(=O)(=O)N1CCCC1)C1CCCCC1. The van der Waals surface area contributed by atoms with E-state index in [9.17, 15) is 8.42 Å². The fraction of sp³-hybridized carbons (Fsp3) is 1.00. The second-order valence-corrected chi connectivity index (χ2v) is 7.17. The van der Waals surface area contributed by atoms with Gasteiger partial charge in [0.05, 0.1) is 0 Å². The highest BCUT2D eigenvalue weighted by Crippen LogP contribution is 2.27. The van der Waals surface area contributed by atoms with Crippen LogP contribution in [-0.4, -0.2) is 38.4 Å². The van der Waals surface area contributed by atoms with E-state index in [1.807, 2.05) is 0 Å². The van der Waals surface area contributed by atoms with Crippen molar-refractivity contribution in [3.8, 4) is 0 Å². The number of hydrogen-bond donors (Lipinski definition) is 2. The molecule has 0 amide bonds. The third kappa shape index (κ3) is 3.44. The summed E-state index contributed by atoms with van der Waals surface area (Å²) in [5.41, 5.74) is 5.76. The Labute approximate surface area is 110 Å². The molecule has 1 unspecified atom stereocenters. The predicted molar refractivity (Wildman–Crippen MR) is 72.3 cm³/mol. The zero-order valence-electron chi connectivity index (χ0n) is 11.0. The van der Waals surface area contributed by atoms with Crippen LogP contribution in [0.3, 0.4) is 0 Å². The van der Waals surface area contributed by atoms with Crippen LogP contribution in [0.5, 0.6) is 0 Å². The third-order valence-corrected chi connectivity index (χ3v) is 5.82. The lowest BCUT2D eigenvalue weighted by Gasteiger charge is -2.31. The van der Waals surface area contributed by atoms with Crippen LogP contribution in [0.2, 0.25) is 0 Å². The fourth-order valence-electron chi connectivity index (χ4n) is 3.07. The number of nitrogens with one attached hydrogen (secondary N) is 1. The van der Waals surface area contributed by atoms with E-state index in [-0.39, 0.29) is 6.04 Å². The van der Waals surface area contributed by atoms with Gasteiger partial charge in [0.15, 0.2) is 0 Å². The normalized spacial score (nSPS) is 25.4. The first-order valence-corrected chi connectivity index (χ1v) is 8.55. The lowest BCUT2D eigenvalue weighted by molar-refractivity contribution is 0.290. The van der Waals surface area contributed by atoms with Gasteiger partial charge in [0.25, 0.3) is 10.2 Å². The van der Waals surface area contributed by atoms with E-state index in [2.05, 4.69) is 4.72 Å². The second-order valence-electron chi connectivity index (χ2n) is 5.47. The first-order valence-electron chi connectivity index (χ1n) is 7.11. The Morgan fingerprint density at radius 2 is 1.72 bits per heavy atom. The molecule has 1 atom stereocenters. The van der Waals surface area contributed by atoms with Crippen LogP contribution in [0.15, 0.2) is 0 Å². The zero-order chi connectivity index (χ0) is 13.0. The van der Waals surface area contributed by atoms with E-state index in [1.165, 1.54) is 19.3 Å². The molecule has 1 aliphatic carbocycles. The van der Waals surface area contributed by atoms with E-state index in [4.69, 9.17) is 5.73 Å². The Bertz CT molecular complexity index is 346. The van der Waals surface area contributed by atoms with E-state index < -0.39 is 10.2 Å². The van der Waals surface area contributed by atoms with Crippen LogP contribution >= 0.6 is 0 Å². The molecule has 0 aromatic heterocycles. The van der Waals surface area contributed by atoms with Crippen molar-refractivity contribution in [2.24, 2.45) is 11.7 Å². The van der Waals surface area contributed by atoms with Gasteiger partial charge in [-0.05, 0) is 31.6 Å². The Balaban J connectivity index is 1.95. The minimum absolute atomic E-state index is 0.0871. The number of nitrogens with zero attached hydrogens (tertiary/aromatic N) is 1. The summed E-state index contributed by atoms with van der Waals surface area (Å²) >= 11 is 0. The maximum atomic E-state index is 12.2. The summed E-state index contributed by atoms with van der Waals surface area (Å²) in [4.78, 5) is 0. The number of hydrogen-bond acceptors (Lipinski definition) is 3. The van der Waals surface area contributed by atoms with Crippen LogP contribution in [0.25, 0.3) is 0 Å². The van der Waals surface area contributed by atoms with Gasteiger partial charge in [-0.15, -0.1) is 0 Å². The van der Waals surface area contributed by atoms with Crippen molar-refractivity contribution >= 4 is 10.2 Å². The molecule has 106 valence electrons. The molecule has 5 nitrogen and oxygen atoms in total. The Kier molecular flexibility index (Phi) is 5.00. The number of nitrogens with two attached hydrogens (primary N) is 1. The average Bonchev–Trinajstić information content (AvgIpc) is 2.92. The minimum Gasteiger partial charge on any atom is -0.329 e. The van der Waals surface area contributed by atoms with Crippen LogP contribution in [-0.2, 0) is 10.2 Å². The van der Waals surface area contributed by atoms with E-state index in [0.29, 0.717) is 25.6 Å². The maximum Gasteiger partial charge on any atom is 0.279 e. The summed E-state index contributed by atoms with van der Waals surface area (Å²) in [6.45, 7) is 1.70. The predicted octanol–water partition coefficient (Wildman–Crippen LogP) is 0.824. The average molecular weight is 275 g/mol. The quantitative estimate of drug-likeness (QED) is 0.780. The van der Waals surface area contributed by atoms with Crippen molar-refractivity contribution < 1.29 is 8.42 Å². The molecule has 2 rings (SSSR count). The van der Waals surface area contributed by atoms with Crippen LogP contribution in [0, 0.1) is 5.92 Å². The van der Waals surface area contributed by atoms with Gasteiger partial charge in [-0.3, -0.25) is 0 Å². The molecule has 1 aliphatic heterocycles. The molecule has 0 aromatic carbocycles. The van der Waals surface area contributed by atoms with Crippen molar-refractivity contribution in [2.75, 3.05) is 19.6 Å². The highest BCUT2D eigenvalue weighted by atomic mass is 32.2. The summed E-state index contributed by atoms with van der Waals surface area (Å²) < 4.78 is 28.8. The van der Waals surface area contributed by atoms with Crippen LogP contribution < -0.4 is 10.5 Å². The zero-order valence-corrected chi connectivity index (χ0v) is 11.8. The molecular formula is C12H25N3O2S. The Morgan fingerprint density at radius 3 is 2.28 bits per heavy atom. The summed E-state index contributed by atoms with van der Waals surface area (Å²) in [6, 6.07) is -0.0871. The van der Waals surface area contributed by atoms with Gasteiger partial charge in [0.1, 0.15) is 0 Å². The van der Waals surface area contributed by atoms with Crippen molar-refractivity contribution in [1.82, 2.24) is 9.03 Å². The fourth-order valence-corrected chi connectivity index (χ4v) is 4.63. The molecule has 6 heteroatoms. The Hall–Kier alpha value is -0.170. The maximum absolute atomic E-state index is 12.2. The molecule has 18 heavy (non-hydrogen) atoms. The molecule has 2 aliphatic rings. The van der Waals surface area contributed by atoms with E-state index in [0.717, 1.165) is 25.7 Å². The number of rotatable bonds is 5. The largest absolute Gasteiger partial charge is 0.329 e. The minimum atomic E-state index is -3.32. The van der Waals surface area contributed by atoms with Gasteiger partial charge < -0.3 is 5.73 Å². The van der Waals surface area contributed by atoms with Gasteiger partial charge in [-0.1, -0.05) is 19.3 Å². The van der Waals surface area contributed by atoms with Gasteiger partial charge in [-0.2, -0.15) is 17.4 Å². The van der Waals surface area contributed by atoms with Crippen molar-refractivity contribution in [3.05, 3.63) is 0 Å². The first kappa shape index (κ1) is 14.2. The molecule has 0 bridgehead atoms. The lowest BCUT2D eigenvalue weighted by atomic mass is 9.84. The first-order chi connectivity index (χ1) is 8.63. The summed E-state index contributed by atoms with van der Waals surface area (Å²) in [5.74, 6) is 0.418. The Morgan fingerprint density at radius 1 is 1.11 bits per heavy atom. The highest BCUT2D eigenvalue weighted by Gasteiger charge is 2.31. The van der Waals surface area contributed by atoms with Crippen molar-refractivity contribution in [3.63, 3.8) is 0 Å². The lowest BCUT2D eigenvalue weighted by Crippen LogP contribution is -2.50. The molecule has 1 heterocycles. The topological polar surface area (TPSA) is 75.4 Å². The monoisotopic (exact) mass is 275 g/mol. The molecule has 0 aromatic rings. The van der Waals surface area contributed by atoms with Gasteiger partial charge >= 0.3 is 0 Å². The third-order valence-electron chi connectivity index (χ3n) is 4.18. The van der Waals surface area contributed by atoms with Crippen molar-refractivity contribution in [2.45, 2.75) is 51.0 Å². The van der Waals surface area contributed by atoms with Crippen LogP contribution in [0.1, 0.15) is 44.9 Å². The summed E-state index contributed by atoms with van der Waals surface area (Å²) in [6.07, 6.45) is 7.82. The molecule has 0 spiro atoms. The highest BCUT2D eigenvalue weighted by molar-refractivity contribution is 7.87. The molecular weight excluding hydrogens is 250 g/mol. The van der Waals surface area contributed by atoms with E-state index in [1.54, 1.807) is 4.31 Å².